The molecular weight excluding hydrogens is 274 g/mol. The van der Waals surface area contributed by atoms with E-state index in [1.165, 1.54) is 6.92 Å². The minimum absolute atomic E-state index is 0.0393. The molecule has 2 rings (SSSR count). The summed E-state index contributed by atoms with van der Waals surface area (Å²) >= 11 is 0. The van der Waals surface area contributed by atoms with Gasteiger partial charge in [0.15, 0.2) is 0 Å². The van der Waals surface area contributed by atoms with Gasteiger partial charge in [0, 0.05) is 6.07 Å². The monoisotopic (exact) mass is 292 g/mol. The van der Waals surface area contributed by atoms with Gasteiger partial charge in [-0.15, -0.1) is 0 Å². The molecule has 0 radical (unpaired) electrons. The maximum atomic E-state index is 13.8. The summed E-state index contributed by atoms with van der Waals surface area (Å²) in [6.45, 7) is 4.04. The predicted molar refractivity (Wildman–Crippen MR) is 81.0 cm³/mol. The minimum atomic E-state index is -0.534. The van der Waals surface area contributed by atoms with Crippen molar-refractivity contribution in [3.8, 4) is 5.75 Å². The molecule has 0 atom stereocenters. The van der Waals surface area contributed by atoms with Crippen LogP contribution in [0.5, 0.6) is 5.75 Å². The molecule has 0 heterocycles. The van der Waals surface area contributed by atoms with Gasteiger partial charge in [-0.25, -0.2) is 8.78 Å². The van der Waals surface area contributed by atoms with Gasteiger partial charge in [-0.2, -0.15) is 0 Å². The van der Waals surface area contributed by atoms with E-state index in [1.807, 2.05) is 6.92 Å². The van der Waals surface area contributed by atoms with E-state index < -0.39 is 11.6 Å². The number of aryl methyl sites for hydroxylation is 1. The molecule has 0 saturated carbocycles. The first-order valence-electron chi connectivity index (χ1n) is 6.77. The number of nitrogens with one attached hydrogen (secondary N) is 1. The van der Waals surface area contributed by atoms with E-state index in [9.17, 15) is 8.78 Å². The molecule has 0 saturated heterocycles. The van der Waals surface area contributed by atoms with Crippen LogP contribution in [0.1, 0.15) is 18.9 Å². The number of rotatable bonds is 5. The molecule has 3 nitrogen and oxygen atoms in total. The Morgan fingerprint density at radius 2 is 1.90 bits per heavy atom. The van der Waals surface area contributed by atoms with Crippen molar-refractivity contribution in [1.29, 1.82) is 0 Å². The molecule has 0 aromatic heterocycles. The number of anilines is 3. The van der Waals surface area contributed by atoms with Crippen LogP contribution in [0.2, 0.25) is 0 Å². The number of benzene rings is 2. The van der Waals surface area contributed by atoms with Crippen molar-refractivity contribution in [3.63, 3.8) is 0 Å². The molecule has 3 N–H and O–H groups in total. The maximum absolute atomic E-state index is 13.8. The largest absolute Gasteiger partial charge is 0.491 e. The van der Waals surface area contributed by atoms with Crippen LogP contribution in [0.4, 0.5) is 25.8 Å². The van der Waals surface area contributed by atoms with Crippen LogP contribution in [0.15, 0.2) is 30.3 Å². The lowest BCUT2D eigenvalue weighted by atomic mass is 10.2. The van der Waals surface area contributed by atoms with E-state index in [0.29, 0.717) is 23.7 Å². The molecule has 0 aliphatic heterocycles. The van der Waals surface area contributed by atoms with Crippen LogP contribution in [-0.2, 0) is 0 Å². The van der Waals surface area contributed by atoms with Crippen molar-refractivity contribution < 1.29 is 13.5 Å². The zero-order valence-corrected chi connectivity index (χ0v) is 12.0. The highest BCUT2D eigenvalue weighted by molar-refractivity contribution is 5.77. The summed E-state index contributed by atoms with van der Waals surface area (Å²) in [5, 5.41) is 2.81. The highest BCUT2D eigenvalue weighted by Crippen LogP contribution is 2.32. The molecule has 0 aliphatic carbocycles. The Bertz CT molecular complexity index is 644. The second kappa shape index (κ2) is 6.43. The van der Waals surface area contributed by atoms with Crippen molar-refractivity contribution in [2.45, 2.75) is 20.3 Å². The second-order valence-corrected chi connectivity index (χ2v) is 4.77. The van der Waals surface area contributed by atoms with E-state index in [1.54, 1.807) is 18.2 Å². The molecule has 2 aromatic rings. The van der Waals surface area contributed by atoms with Gasteiger partial charge >= 0.3 is 0 Å². The highest BCUT2D eigenvalue weighted by Gasteiger charge is 2.11. The average molecular weight is 292 g/mol. The molecular formula is C16H18F2N2O. The zero-order valence-electron chi connectivity index (χ0n) is 12.0. The first kappa shape index (κ1) is 15.1. The highest BCUT2D eigenvalue weighted by atomic mass is 19.1. The van der Waals surface area contributed by atoms with Crippen LogP contribution in [-0.4, -0.2) is 6.61 Å². The van der Waals surface area contributed by atoms with Gasteiger partial charge in [0.2, 0.25) is 0 Å². The van der Waals surface area contributed by atoms with Gasteiger partial charge < -0.3 is 15.8 Å². The molecule has 112 valence electrons. The Kier molecular flexibility index (Phi) is 4.62. The smallest absolute Gasteiger partial charge is 0.147 e. The van der Waals surface area contributed by atoms with Crippen molar-refractivity contribution >= 4 is 17.1 Å². The Labute approximate surface area is 122 Å². The molecule has 0 spiro atoms. The molecule has 21 heavy (non-hydrogen) atoms. The lowest BCUT2D eigenvalue weighted by Gasteiger charge is -2.14. The van der Waals surface area contributed by atoms with Crippen molar-refractivity contribution in [3.05, 3.63) is 47.5 Å². The van der Waals surface area contributed by atoms with Crippen molar-refractivity contribution in [2.75, 3.05) is 17.7 Å². The van der Waals surface area contributed by atoms with Crippen LogP contribution in [0.3, 0.4) is 0 Å². The summed E-state index contributed by atoms with van der Waals surface area (Å²) in [7, 11) is 0. The van der Waals surface area contributed by atoms with Crippen LogP contribution in [0.25, 0.3) is 0 Å². The maximum Gasteiger partial charge on any atom is 0.147 e. The minimum Gasteiger partial charge on any atom is -0.491 e. The lowest BCUT2D eigenvalue weighted by molar-refractivity contribution is 0.319. The molecule has 5 heteroatoms. The SMILES string of the molecule is CCCOc1cccc(Nc2cc(F)c(C)cc2F)c1N. The fourth-order valence-corrected chi connectivity index (χ4v) is 1.88. The first-order valence-corrected chi connectivity index (χ1v) is 6.77. The quantitative estimate of drug-likeness (QED) is 0.804. The van der Waals surface area contributed by atoms with Crippen molar-refractivity contribution in [1.82, 2.24) is 0 Å². The Morgan fingerprint density at radius 3 is 2.62 bits per heavy atom. The summed E-state index contributed by atoms with van der Waals surface area (Å²) in [6, 6.07) is 7.43. The number of halogens is 2. The summed E-state index contributed by atoms with van der Waals surface area (Å²) in [5.41, 5.74) is 7.13. The van der Waals surface area contributed by atoms with Gasteiger partial charge in [-0.3, -0.25) is 0 Å². The van der Waals surface area contributed by atoms with Crippen LogP contribution >= 0.6 is 0 Å². The third-order valence-corrected chi connectivity index (χ3v) is 3.05. The van der Waals surface area contributed by atoms with Gasteiger partial charge in [0.05, 0.1) is 23.7 Å². The molecule has 0 amide bonds. The molecule has 0 fully saturated rings. The van der Waals surface area contributed by atoms with Crippen molar-refractivity contribution in [2.24, 2.45) is 0 Å². The van der Waals surface area contributed by atoms with E-state index >= 15 is 0 Å². The first-order chi connectivity index (χ1) is 10.0. The van der Waals surface area contributed by atoms with E-state index in [0.717, 1.165) is 18.6 Å². The zero-order chi connectivity index (χ0) is 15.4. The predicted octanol–water partition coefficient (Wildman–Crippen LogP) is 4.39. The Balaban J connectivity index is 2.29. The molecule has 0 aliphatic rings. The van der Waals surface area contributed by atoms with Gasteiger partial charge in [0.25, 0.3) is 0 Å². The van der Waals surface area contributed by atoms with E-state index in [2.05, 4.69) is 5.32 Å². The molecule has 0 bridgehead atoms. The number of hydrogen-bond acceptors (Lipinski definition) is 3. The lowest BCUT2D eigenvalue weighted by Crippen LogP contribution is -2.03. The van der Waals surface area contributed by atoms with E-state index in [-0.39, 0.29) is 11.3 Å². The Hall–Kier alpha value is -2.30. The number of nitrogen functional groups attached to an aromatic ring is 1. The standard InChI is InChI=1S/C16H18F2N2O/c1-3-7-21-15-6-4-5-13(16(15)19)20-14-9-11(17)10(2)8-12(14)18/h4-6,8-9,20H,3,7,19H2,1-2H3. The summed E-state index contributed by atoms with van der Waals surface area (Å²) in [5.74, 6) is -0.487. The molecule has 2 aromatic carbocycles. The number of hydrogen-bond donors (Lipinski definition) is 2. The van der Waals surface area contributed by atoms with Crippen LogP contribution in [0, 0.1) is 18.6 Å². The second-order valence-electron chi connectivity index (χ2n) is 4.77. The third kappa shape index (κ3) is 3.42. The summed E-state index contributed by atoms with van der Waals surface area (Å²) in [4.78, 5) is 0. The number of nitrogens with two attached hydrogens (primary N) is 1. The Morgan fingerprint density at radius 1 is 1.14 bits per heavy atom. The third-order valence-electron chi connectivity index (χ3n) is 3.05. The number of para-hydroxylation sites is 1. The topological polar surface area (TPSA) is 47.3 Å². The van der Waals surface area contributed by atoms with Gasteiger partial charge in [-0.1, -0.05) is 13.0 Å². The van der Waals surface area contributed by atoms with E-state index in [4.69, 9.17) is 10.5 Å². The van der Waals surface area contributed by atoms with Gasteiger partial charge in [0.1, 0.15) is 17.4 Å². The fraction of sp³-hybridized carbons (Fsp3) is 0.250. The normalized spacial score (nSPS) is 10.5. The van der Waals surface area contributed by atoms with Crippen LogP contribution < -0.4 is 15.8 Å². The molecule has 0 unspecified atom stereocenters. The van der Waals surface area contributed by atoms with Gasteiger partial charge in [-0.05, 0) is 37.1 Å². The summed E-state index contributed by atoms with van der Waals surface area (Å²) < 4.78 is 32.9. The average Bonchev–Trinajstić information content (AvgIpc) is 2.45. The fourth-order valence-electron chi connectivity index (χ4n) is 1.88. The summed E-state index contributed by atoms with van der Waals surface area (Å²) in [6.07, 6.45) is 0.856. The number of ether oxygens (including phenoxy) is 1.